The summed E-state index contributed by atoms with van der Waals surface area (Å²) < 4.78 is 0. The van der Waals surface area contributed by atoms with Gasteiger partial charge in [-0.1, -0.05) is 0 Å². The van der Waals surface area contributed by atoms with E-state index in [1.165, 1.54) is 0 Å². The molecule has 1 saturated heterocycles. The number of hydrogen-bond donors (Lipinski definition) is 3. The normalized spacial score (nSPS) is 18.9. The lowest BCUT2D eigenvalue weighted by Gasteiger charge is -2.31. The van der Waals surface area contributed by atoms with E-state index in [-0.39, 0.29) is 5.91 Å². The van der Waals surface area contributed by atoms with Crippen molar-refractivity contribution in [2.75, 3.05) is 18.1 Å². The van der Waals surface area contributed by atoms with Gasteiger partial charge in [-0.2, -0.15) is 11.8 Å². The maximum Gasteiger partial charge on any atom is 0.226 e. The average Bonchev–Trinajstić information content (AvgIpc) is 2.80. The second kappa shape index (κ2) is 5.60. The summed E-state index contributed by atoms with van der Waals surface area (Å²) in [6, 6.07) is 3.75. The first kappa shape index (κ1) is 12.5. The summed E-state index contributed by atoms with van der Waals surface area (Å²) in [4.78, 5) is 14.6. The van der Waals surface area contributed by atoms with Crippen molar-refractivity contribution in [3.05, 3.63) is 24.0 Å². The average molecular weight is 254 g/mol. The SMILES string of the molecule is O=C(Cc1ccc[nH]1)NCC1(O)CCSCC1. The maximum atomic E-state index is 11.6. The Bertz CT molecular complexity index is 359. The van der Waals surface area contributed by atoms with Crippen molar-refractivity contribution >= 4 is 17.7 Å². The van der Waals surface area contributed by atoms with Crippen LogP contribution in [0.2, 0.25) is 0 Å². The summed E-state index contributed by atoms with van der Waals surface area (Å²) in [6.45, 7) is 0.368. The van der Waals surface area contributed by atoms with Gasteiger partial charge in [0.15, 0.2) is 0 Å². The number of amides is 1. The maximum absolute atomic E-state index is 11.6. The van der Waals surface area contributed by atoms with Gasteiger partial charge >= 0.3 is 0 Å². The van der Waals surface area contributed by atoms with Crippen molar-refractivity contribution in [1.82, 2.24) is 10.3 Å². The molecule has 2 heterocycles. The Morgan fingerprint density at radius 3 is 2.94 bits per heavy atom. The van der Waals surface area contributed by atoms with E-state index in [0.29, 0.717) is 13.0 Å². The van der Waals surface area contributed by atoms with E-state index in [2.05, 4.69) is 10.3 Å². The number of thioether (sulfide) groups is 1. The summed E-state index contributed by atoms with van der Waals surface area (Å²) in [5.74, 6) is 1.91. The molecule has 3 N–H and O–H groups in total. The lowest BCUT2D eigenvalue weighted by molar-refractivity contribution is -0.121. The molecule has 2 rings (SSSR count). The monoisotopic (exact) mass is 254 g/mol. The van der Waals surface area contributed by atoms with Crippen molar-refractivity contribution in [2.45, 2.75) is 24.9 Å². The fourth-order valence-corrected chi connectivity index (χ4v) is 3.16. The molecule has 0 aromatic carbocycles. The van der Waals surface area contributed by atoms with Crippen LogP contribution in [0.5, 0.6) is 0 Å². The summed E-state index contributed by atoms with van der Waals surface area (Å²) >= 11 is 1.86. The number of carbonyl (C=O) groups is 1. The topological polar surface area (TPSA) is 65.1 Å². The van der Waals surface area contributed by atoms with Gasteiger partial charge in [0.25, 0.3) is 0 Å². The third kappa shape index (κ3) is 3.78. The number of hydrogen-bond acceptors (Lipinski definition) is 3. The molecule has 1 aromatic heterocycles. The largest absolute Gasteiger partial charge is 0.388 e. The van der Waals surface area contributed by atoms with Crippen LogP contribution in [-0.4, -0.2) is 39.6 Å². The molecule has 0 atom stereocenters. The van der Waals surface area contributed by atoms with Crippen LogP contribution in [0.3, 0.4) is 0 Å². The van der Waals surface area contributed by atoms with Crippen LogP contribution in [0, 0.1) is 0 Å². The van der Waals surface area contributed by atoms with Crippen LogP contribution >= 0.6 is 11.8 Å². The second-order valence-corrected chi connectivity index (χ2v) is 5.71. The number of carbonyl (C=O) groups excluding carboxylic acids is 1. The highest BCUT2D eigenvalue weighted by atomic mass is 32.2. The lowest BCUT2D eigenvalue weighted by Crippen LogP contribution is -2.45. The molecule has 0 radical (unpaired) electrons. The van der Waals surface area contributed by atoms with Gasteiger partial charge in [0, 0.05) is 18.4 Å². The minimum absolute atomic E-state index is 0.0425. The third-order valence-corrected chi connectivity index (χ3v) is 4.04. The van der Waals surface area contributed by atoms with Crippen LogP contribution in [0.15, 0.2) is 18.3 Å². The molecule has 0 bridgehead atoms. The van der Waals surface area contributed by atoms with Gasteiger partial charge in [-0.25, -0.2) is 0 Å². The number of aromatic amines is 1. The Kier molecular flexibility index (Phi) is 4.12. The van der Waals surface area contributed by atoms with Crippen LogP contribution in [0.4, 0.5) is 0 Å². The summed E-state index contributed by atoms with van der Waals surface area (Å²) in [7, 11) is 0. The fourth-order valence-electron chi connectivity index (χ4n) is 1.90. The van der Waals surface area contributed by atoms with Crippen molar-refractivity contribution in [3.63, 3.8) is 0 Å². The van der Waals surface area contributed by atoms with Gasteiger partial charge in [-0.05, 0) is 36.5 Å². The van der Waals surface area contributed by atoms with Gasteiger partial charge in [0.05, 0.1) is 12.0 Å². The smallest absolute Gasteiger partial charge is 0.226 e. The number of nitrogens with one attached hydrogen (secondary N) is 2. The van der Waals surface area contributed by atoms with E-state index in [1.807, 2.05) is 23.9 Å². The zero-order valence-electron chi connectivity index (χ0n) is 9.74. The predicted octanol–water partition coefficient (Wildman–Crippen LogP) is 0.931. The molecule has 0 unspecified atom stereocenters. The standard InChI is InChI=1S/C12H18N2O2S/c15-11(8-10-2-1-5-13-10)14-9-12(16)3-6-17-7-4-12/h1-2,5,13,16H,3-4,6-9H2,(H,14,15). The van der Waals surface area contributed by atoms with E-state index >= 15 is 0 Å². The van der Waals surface area contributed by atoms with E-state index in [4.69, 9.17) is 0 Å². The van der Waals surface area contributed by atoms with E-state index in [9.17, 15) is 9.90 Å². The van der Waals surface area contributed by atoms with Gasteiger partial charge in [-0.15, -0.1) is 0 Å². The molecule has 0 aliphatic carbocycles. The first-order valence-electron chi connectivity index (χ1n) is 5.87. The lowest BCUT2D eigenvalue weighted by atomic mass is 9.97. The predicted molar refractivity (Wildman–Crippen MR) is 69.0 cm³/mol. The first-order valence-corrected chi connectivity index (χ1v) is 7.03. The number of aromatic nitrogens is 1. The molecule has 5 heteroatoms. The van der Waals surface area contributed by atoms with Gasteiger partial charge < -0.3 is 15.4 Å². The molecule has 1 aliphatic heterocycles. The Labute approximate surface area is 105 Å². The molecule has 1 aliphatic rings. The summed E-state index contributed by atoms with van der Waals surface area (Å²) in [6.07, 6.45) is 3.67. The zero-order chi connectivity index (χ0) is 12.1. The van der Waals surface area contributed by atoms with Gasteiger partial charge in [0.2, 0.25) is 5.91 Å². The Morgan fingerprint density at radius 1 is 1.53 bits per heavy atom. The fraction of sp³-hybridized carbons (Fsp3) is 0.583. The van der Waals surface area contributed by atoms with Crippen molar-refractivity contribution in [3.8, 4) is 0 Å². The molecule has 17 heavy (non-hydrogen) atoms. The molecule has 1 fully saturated rings. The Hall–Kier alpha value is -0.940. The van der Waals surface area contributed by atoms with Crippen molar-refractivity contribution in [2.24, 2.45) is 0 Å². The highest BCUT2D eigenvalue weighted by Crippen LogP contribution is 2.26. The minimum Gasteiger partial charge on any atom is -0.388 e. The van der Waals surface area contributed by atoms with E-state index in [1.54, 1.807) is 6.20 Å². The van der Waals surface area contributed by atoms with Crippen LogP contribution in [0.25, 0.3) is 0 Å². The first-order chi connectivity index (χ1) is 8.18. The van der Waals surface area contributed by atoms with Crippen LogP contribution in [0.1, 0.15) is 18.5 Å². The third-order valence-electron chi connectivity index (χ3n) is 3.05. The Balaban J connectivity index is 1.75. The zero-order valence-corrected chi connectivity index (χ0v) is 10.6. The van der Waals surface area contributed by atoms with Gasteiger partial charge in [0.1, 0.15) is 0 Å². The summed E-state index contributed by atoms with van der Waals surface area (Å²) in [5.41, 5.74) is 0.199. The summed E-state index contributed by atoms with van der Waals surface area (Å²) in [5, 5.41) is 13.0. The number of aliphatic hydroxyl groups is 1. The highest BCUT2D eigenvalue weighted by Gasteiger charge is 2.29. The molecule has 1 aromatic rings. The van der Waals surface area contributed by atoms with Crippen molar-refractivity contribution in [1.29, 1.82) is 0 Å². The molecular formula is C12H18N2O2S. The van der Waals surface area contributed by atoms with E-state index in [0.717, 1.165) is 30.0 Å². The number of rotatable bonds is 4. The molecular weight excluding hydrogens is 236 g/mol. The second-order valence-electron chi connectivity index (χ2n) is 4.49. The molecule has 1 amide bonds. The van der Waals surface area contributed by atoms with Crippen molar-refractivity contribution < 1.29 is 9.90 Å². The quantitative estimate of drug-likeness (QED) is 0.749. The number of H-pyrrole nitrogens is 1. The van der Waals surface area contributed by atoms with Crippen LogP contribution < -0.4 is 5.32 Å². The minimum atomic E-state index is -0.698. The van der Waals surface area contributed by atoms with Gasteiger partial charge in [-0.3, -0.25) is 4.79 Å². The molecule has 0 spiro atoms. The highest BCUT2D eigenvalue weighted by molar-refractivity contribution is 7.99. The Morgan fingerprint density at radius 2 is 2.29 bits per heavy atom. The van der Waals surface area contributed by atoms with Crippen LogP contribution in [-0.2, 0) is 11.2 Å². The van der Waals surface area contributed by atoms with E-state index < -0.39 is 5.60 Å². The molecule has 94 valence electrons. The molecule has 4 nitrogen and oxygen atoms in total. The molecule has 0 saturated carbocycles.